The summed E-state index contributed by atoms with van der Waals surface area (Å²) in [6.45, 7) is 2.95. The molecule has 1 fully saturated rings. The molecule has 0 aromatic carbocycles. The van der Waals surface area contributed by atoms with E-state index in [2.05, 4.69) is 17.2 Å². The van der Waals surface area contributed by atoms with E-state index in [9.17, 15) is 4.79 Å². The highest BCUT2D eigenvalue weighted by Crippen LogP contribution is 2.36. The van der Waals surface area contributed by atoms with E-state index in [4.69, 9.17) is 5.73 Å². The Morgan fingerprint density at radius 2 is 2.24 bits per heavy atom. The molecule has 4 heteroatoms. The molecule has 2 rings (SSSR count). The van der Waals surface area contributed by atoms with Crippen LogP contribution in [0.25, 0.3) is 0 Å². The smallest absolute Gasteiger partial charge is 0.269 e. The van der Waals surface area contributed by atoms with Gasteiger partial charge >= 0.3 is 0 Å². The SMILES string of the molecule is CC1(CNC(=O)c2cc(N)ccn2)CCCC1. The minimum absolute atomic E-state index is 0.134. The molecule has 1 amide bonds. The maximum atomic E-state index is 11.9. The van der Waals surface area contributed by atoms with Crippen LogP contribution in [-0.4, -0.2) is 17.4 Å². The third-order valence-corrected chi connectivity index (χ3v) is 3.50. The largest absolute Gasteiger partial charge is 0.399 e. The minimum Gasteiger partial charge on any atom is -0.399 e. The number of carbonyl (C=O) groups excluding carboxylic acids is 1. The molecule has 1 aliphatic carbocycles. The van der Waals surface area contributed by atoms with E-state index >= 15 is 0 Å². The van der Waals surface area contributed by atoms with Crippen molar-refractivity contribution in [3.8, 4) is 0 Å². The van der Waals surface area contributed by atoms with E-state index < -0.39 is 0 Å². The Morgan fingerprint density at radius 1 is 1.53 bits per heavy atom. The molecule has 1 aromatic heterocycles. The van der Waals surface area contributed by atoms with Crippen molar-refractivity contribution in [1.82, 2.24) is 10.3 Å². The lowest BCUT2D eigenvalue weighted by molar-refractivity contribution is 0.0929. The van der Waals surface area contributed by atoms with Gasteiger partial charge < -0.3 is 11.1 Å². The first kappa shape index (κ1) is 11.9. The minimum atomic E-state index is -0.134. The molecule has 3 N–H and O–H groups in total. The molecule has 92 valence electrons. The normalized spacial score (nSPS) is 17.9. The van der Waals surface area contributed by atoms with Gasteiger partial charge in [0.1, 0.15) is 5.69 Å². The molecule has 0 radical (unpaired) electrons. The molecule has 0 aliphatic heterocycles. The van der Waals surface area contributed by atoms with Gasteiger partial charge in [-0.1, -0.05) is 19.8 Å². The highest BCUT2D eigenvalue weighted by atomic mass is 16.1. The van der Waals surface area contributed by atoms with Crippen LogP contribution in [0.3, 0.4) is 0 Å². The predicted octanol–water partition coefficient (Wildman–Crippen LogP) is 1.97. The monoisotopic (exact) mass is 233 g/mol. The maximum absolute atomic E-state index is 11.9. The first-order valence-electron chi connectivity index (χ1n) is 6.09. The van der Waals surface area contributed by atoms with Crippen LogP contribution < -0.4 is 11.1 Å². The van der Waals surface area contributed by atoms with Crippen molar-refractivity contribution < 1.29 is 4.79 Å². The third kappa shape index (κ3) is 2.96. The molecule has 1 aromatic rings. The second-order valence-electron chi connectivity index (χ2n) is 5.17. The summed E-state index contributed by atoms with van der Waals surface area (Å²) in [4.78, 5) is 15.9. The zero-order valence-corrected chi connectivity index (χ0v) is 10.2. The standard InChI is InChI=1S/C13H19N3O/c1-13(5-2-3-6-13)9-16-12(17)11-8-10(14)4-7-15-11/h4,7-8H,2-3,5-6,9H2,1H3,(H2,14,15)(H,16,17). The van der Waals surface area contributed by atoms with E-state index in [1.54, 1.807) is 18.3 Å². The highest BCUT2D eigenvalue weighted by Gasteiger charge is 2.29. The number of nitrogens with one attached hydrogen (secondary N) is 1. The van der Waals surface area contributed by atoms with Gasteiger partial charge in [0.25, 0.3) is 5.91 Å². The number of nitrogens with zero attached hydrogens (tertiary/aromatic N) is 1. The first-order valence-corrected chi connectivity index (χ1v) is 6.09. The number of aromatic nitrogens is 1. The Labute approximate surface area is 102 Å². The summed E-state index contributed by atoms with van der Waals surface area (Å²) in [5.74, 6) is -0.134. The molecule has 0 bridgehead atoms. The lowest BCUT2D eigenvalue weighted by atomic mass is 9.89. The topological polar surface area (TPSA) is 68.0 Å². The Morgan fingerprint density at radius 3 is 2.88 bits per heavy atom. The van der Waals surface area contributed by atoms with Crippen LogP contribution in [0.2, 0.25) is 0 Å². The Hall–Kier alpha value is -1.58. The number of anilines is 1. The van der Waals surface area contributed by atoms with Crippen molar-refractivity contribution in [2.75, 3.05) is 12.3 Å². The zero-order chi connectivity index (χ0) is 12.3. The van der Waals surface area contributed by atoms with E-state index in [0.717, 1.165) is 6.54 Å². The number of amides is 1. The fourth-order valence-corrected chi connectivity index (χ4v) is 2.36. The second-order valence-corrected chi connectivity index (χ2v) is 5.17. The maximum Gasteiger partial charge on any atom is 0.269 e. The predicted molar refractivity (Wildman–Crippen MR) is 67.6 cm³/mol. The number of nitrogens with two attached hydrogens (primary N) is 1. The van der Waals surface area contributed by atoms with E-state index in [-0.39, 0.29) is 11.3 Å². The summed E-state index contributed by atoms with van der Waals surface area (Å²) in [5.41, 5.74) is 6.84. The molecule has 1 saturated carbocycles. The van der Waals surface area contributed by atoms with Gasteiger partial charge in [-0.2, -0.15) is 0 Å². The fourth-order valence-electron chi connectivity index (χ4n) is 2.36. The van der Waals surface area contributed by atoms with Crippen LogP contribution in [0, 0.1) is 5.41 Å². The van der Waals surface area contributed by atoms with Crippen molar-refractivity contribution in [3.05, 3.63) is 24.0 Å². The Kier molecular flexibility index (Phi) is 3.31. The molecule has 0 saturated heterocycles. The van der Waals surface area contributed by atoms with Crippen LogP contribution in [0.1, 0.15) is 43.1 Å². The van der Waals surface area contributed by atoms with Crippen molar-refractivity contribution in [2.45, 2.75) is 32.6 Å². The Bertz CT molecular complexity index is 411. The molecule has 0 spiro atoms. The second kappa shape index (κ2) is 4.73. The average molecular weight is 233 g/mol. The summed E-state index contributed by atoms with van der Waals surface area (Å²) in [6, 6.07) is 3.28. The van der Waals surface area contributed by atoms with Crippen LogP contribution in [-0.2, 0) is 0 Å². The van der Waals surface area contributed by atoms with E-state index in [1.165, 1.54) is 25.7 Å². The first-order chi connectivity index (χ1) is 8.09. The number of hydrogen-bond donors (Lipinski definition) is 2. The van der Waals surface area contributed by atoms with Gasteiger partial charge in [-0.3, -0.25) is 9.78 Å². The van der Waals surface area contributed by atoms with Crippen molar-refractivity contribution >= 4 is 11.6 Å². The van der Waals surface area contributed by atoms with Crippen LogP contribution in [0.4, 0.5) is 5.69 Å². The average Bonchev–Trinajstić information content (AvgIpc) is 2.74. The van der Waals surface area contributed by atoms with E-state index in [1.807, 2.05) is 0 Å². The van der Waals surface area contributed by atoms with Gasteiger partial charge in [-0.25, -0.2) is 0 Å². The van der Waals surface area contributed by atoms with Crippen molar-refractivity contribution in [3.63, 3.8) is 0 Å². The third-order valence-electron chi connectivity index (χ3n) is 3.50. The van der Waals surface area contributed by atoms with Gasteiger partial charge in [0.15, 0.2) is 0 Å². The summed E-state index contributed by atoms with van der Waals surface area (Å²) in [7, 11) is 0. The fraction of sp³-hybridized carbons (Fsp3) is 0.538. The van der Waals surface area contributed by atoms with E-state index in [0.29, 0.717) is 11.4 Å². The molecule has 0 unspecified atom stereocenters. The van der Waals surface area contributed by atoms with Gasteiger partial charge in [0.2, 0.25) is 0 Å². The highest BCUT2D eigenvalue weighted by molar-refractivity contribution is 5.92. The molecule has 1 heterocycles. The number of carbonyl (C=O) groups is 1. The molecule has 1 aliphatic rings. The van der Waals surface area contributed by atoms with Gasteiger partial charge in [-0.05, 0) is 30.4 Å². The van der Waals surface area contributed by atoms with Gasteiger partial charge in [-0.15, -0.1) is 0 Å². The van der Waals surface area contributed by atoms with Crippen molar-refractivity contribution in [2.24, 2.45) is 5.41 Å². The van der Waals surface area contributed by atoms with Crippen LogP contribution in [0.5, 0.6) is 0 Å². The van der Waals surface area contributed by atoms with Gasteiger partial charge in [0, 0.05) is 18.4 Å². The number of pyridine rings is 1. The summed E-state index contributed by atoms with van der Waals surface area (Å²) < 4.78 is 0. The number of hydrogen-bond acceptors (Lipinski definition) is 3. The summed E-state index contributed by atoms with van der Waals surface area (Å²) in [6.07, 6.45) is 6.47. The summed E-state index contributed by atoms with van der Waals surface area (Å²) in [5, 5.41) is 2.95. The number of nitrogen functional groups attached to an aromatic ring is 1. The van der Waals surface area contributed by atoms with Gasteiger partial charge in [0.05, 0.1) is 0 Å². The van der Waals surface area contributed by atoms with Crippen molar-refractivity contribution in [1.29, 1.82) is 0 Å². The quantitative estimate of drug-likeness (QED) is 0.838. The molecular weight excluding hydrogens is 214 g/mol. The van der Waals surface area contributed by atoms with Crippen LogP contribution >= 0.6 is 0 Å². The molecule has 4 nitrogen and oxygen atoms in total. The number of rotatable bonds is 3. The summed E-state index contributed by atoms with van der Waals surface area (Å²) >= 11 is 0. The van der Waals surface area contributed by atoms with Crippen LogP contribution in [0.15, 0.2) is 18.3 Å². The Balaban J connectivity index is 1.93. The lowest BCUT2D eigenvalue weighted by Crippen LogP contribution is -2.34. The molecule has 17 heavy (non-hydrogen) atoms. The zero-order valence-electron chi connectivity index (χ0n) is 10.2. The molecule has 0 atom stereocenters. The molecular formula is C13H19N3O. The lowest BCUT2D eigenvalue weighted by Gasteiger charge is -2.23.